The zero-order valence-corrected chi connectivity index (χ0v) is 42.1. The number of aliphatic imine (C=N–C) groups is 2. The summed E-state index contributed by atoms with van der Waals surface area (Å²) in [6.07, 6.45) is 8.31. The molecule has 71 heavy (non-hydrogen) atoms. The first-order valence-electron chi connectivity index (χ1n) is 24.5. The predicted molar refractivity (Wildman–Crippen MR) is 293 cm³/mol. The highest BCUT2D eigenvalue weighted by atomic mass is 16.5. The SMILES string of the molecule is COc1ccc(-c2c3cc(C(C)(C)C)ccc3c3c4[nH]c(c(OC(=O)c5ccccc5)c24)C2=NC(=C(c4ccc(C(C)(C)C)cc4)C4=NC(=C(c5ccc(C(C)(C)C)cc5)c5ccc-3[nH]5)C=C4)C=C2)cc1. The number of rotatable bonds is 6. The minimum atomic E-state index is -0.474. The van der Waals surface area contributed by atoms with Gasteiger partial charge in [-0.05, 0) is 127 Å². The van der Waals surface area contributed by atoms with Crippen LogP contribution in [0, 0.1) is 0 Å². The standard InChI is InChI=1S/C64H58N4O3/c1-62(2,3)41-22-16-38(17-23-41)54-47-30-31-48(65-47)55(39-18-24-42(25-19-39)63(4,5)6)50-34-35-52(67-50)58-60(71-61(69)40-14-12-11-13-15-40)57-53(37-20-27-44(70-10)28-21-37)46-36-43(64(7,8)9)26-29-45(46)56(59(57)68-58)51-33-32-49(54)66-51/h11-36,66,68H,1-10H3. The van der Waals surface area contributed by atoms with Crippen molar-refractivity contribution in [1.29, 1.82) is 0 Å². The van der Waals surface area contributed by atoms with E-state index in [-0.39, 0.29) is 16.2 Å². The monoisotopic (exact) mass is 930 g/mol. The zero-order chi connectivity index (χ0) is 49.6. The van der Waals surface area contributed by atoms with Gasteiger partial charge in [0.05, 0.1) is 46.4 Å². The van der Waals surface area contributed by atoms with E-state index in [2.05, 4.69) is 182 Å². The van der Waals surface area contributed by atoms with Crippen LogP contribution >= 0.6 is 0 Å². The maximum Gasteiger partial charge on any atom is 0.343 e. The van der Waals surface area contributed by atoms with Crippen LogP contribution in [-0.4, -0.2) is 34.5 Å². The van der Waals surface area contributed by atoms with Gasteiger partial charge in [-0.3, -0.25) is 0 Å². The first-order valence-corrected chi connectivity index (χ1v) is 24.5. The number of hydrogen-bond donors (Lipinski definition) is 2. The van der Waals surface area contributed by atoms with Gasteiger partial charge in [0.2, 0.25) is 0 Å². The van der Waals surface area contributed by atoms with Gasteiger partial charge in [0, 0.05) is 33.7 Å². The summed E-state index contributed by atoms with van der Waals surface area (Å²) >= 11 is 0. The Labute approximate surface area is 416 Å². The molecule has 0 fully saturated rings. The van der Waals surface area contributed by atoms with E-state index in [0.29, 0.717) is 22.7 Å². The number of esters is 1. The van der Waals surface area contributed by atoms with Crippen LogP contribution in [-0.2, 0) is 16.2 Å². The summed E-state index contributed by atoms with van der Waals surface area (Å²) in [4.78, 5) is 33.4. The number of H-pyrrole nitrogens is 2. The second-order valence-electron chi connectivity index (χ2n) is 21.9. The lowest BCUT2D eigenvalue weighted by molar-refractivity contribution is 0.0736. The molecule has 3 aliphatic heterocycles. The number of aromatic amines is 2. The average molecular weight is 931 g/mol. The smallest absolute Gasteiger partial charge is 0.343 e. The Balaban J connectivity index is 1.29. The summed E-state index contributed by atoms with van der Waals surface area (Å²) in [5, 5.41) is 2.80. The highest BCUT2D eigenvalue weighted by Crippen LogP contribution is 2.50. The lowest BCUT2D eigenvalue weighted by atomic mass is 9.82. The van der Waals surface area contributed by atoms with Gasteiger partial charge in [0.25, 0.3) is 0 Å². The summed E-state index contributed by atoms with van der Waals surface area (Å²) in [7, 11) is 1.68. The summed E-state index contributed by atoms with van der Waals surface area (Å²) < 4.78 is 12.5. The van der Waals surface area contributed by atoms with Gasteiger partial charge in [-0.25, -0.2) is 14.8 Å². The first-order chi connectivity index (χ1) is 33.9. The highest BCUT2D eigenvalue weighted by Gasteiger charge is 2.32. The molecule has 7 nitrogen and oxygen atoms in total. The number of methoxy groups -OCH3 is 1. The van der Waals surface area contributed by atoms with Crippen LogP contribution in [0.2, 0.25) is 0 Å². The molecule has 2 N–H and O–H groups in total. The summed E-state index contributed by atoms with van der Waals surface area (Å²) in [6, 6.07) is 46.1. The molecule has 11 rings (SSSR count). The molecular formula is C64H58N4O3. The largest absolute Gasteiger partial charge is 0.497 e. The van der Waals surface area contributed by atoms with Crippen LogP contribution < -0.4 is 9.47 Å². The fourth-order valence-corrected chi connectivity index (χ4v) is 10.1. The summed E-state index contributed by atoms with van der Waals surface area (Å²) in [5.41, 5.74) is 16.8. The van der Waals surface area contributed by atoms with Crippen LogP contribution in [0.25, 0.3) is 55.2 Å². The number of benzene rings is 6. The first kappa shape index (κ1) is 45.4. The number of nitrogens with zero attached hydrogens (tertiary/aromatic N) is 2. The molecule has 0 radical (unpaired) electrons. The van der Waals surface area contributed by atoms with Gasteiger partial charge in [0.1, 0.15) is 11.4 Å². The molecule has 0 aliphatic carbocycles. The average Bonchev–Trinajstić information content (AvgIpc) is 4.19. The van der Waals surface area contributed by atoms with Crippen molar-refractivity contribution in [3.05, 3.63) is 214 Å². The molecule has 5 heterocycles. The van der Waals surface area contributed by atoms with Crippen LogP contribution in [0.1, 0.15) is 112 Å². The van der Waals surface area contributed by atoms with E-state index >= 15 is 0 Å². The number of fused-ring (bicyclic) bond motifs is 9. The number of carbonyl (C=O) groups excluding carboxylic acids is 1. The van der Waals surface area contributed by atoms with E-state index in [1.807, 2.05) is 36.4 Å². The van der Waals surface area contributed by atoms with Gasteiger partial charge < -0.3 is 19.4 Å². The van der Waals surface area contributed by atoms with Gasteiger partial charge in [-0.15, -0.1) is 0 Å². The maximum absolute atomic E-state index is 14.6. The quantitative estimate of drug-likeness (QED) is 0.163. The van der Waals surface area contributed by atoms with Crippen LogP contribution in [0.15, 0.2) is 179 Å². The Morgan fingerprint density at radius 2 is 1.06 bits per heavy atom. The second-order valence-corrected chi connectivity index (χ2v) is 21.9. The van der Waals surface area contributed by atoms with E-state index < -0.39 is 5.97 Å². The second kappa shape index (κ2) is 16.8. The van der Waals surface area contributed by atoms with Crippen molar-refractivity contribution in [3.8, 4) is 33.9 Å². The molecule has 3 aliphatic rings. The number of hydrogen-bond acceptors (Lipinski definition) is 5. The number of carbonyl (C=O) groups is 1. The number of aromatic nitrogens is 2. The summed E-state index contributed by atoms with van der Waals surface area (Å²) in [6.45, 7) is 20.1. The van der Waals surface area contributed by atoms with E-state index in [1.54, 1.807) is 19.2 Å². The van der Waals surface area contributed by atoms with Gasteiger partial charge in [0.15, 0.2) is 5.75 Å². The Morgan fingerprint density at radius 3 is 1.68 bits per heavy atom. The lowest BCUT2D eigenvalue weighted by Crippen LogP contribution is -2.11. The molecule has 0 saturated heterocycles. The van der Waals surface area contributed by atoms with Crippen LogP contribution in [0.3, 0.4) is 0 Å². The van der Waals surface area contributed by atoms with Crippen molar-refractivity contribution in [3.63, 3.8) is 0 Å². The molecule has 2 aromatic heterocycles. The molecule has 8 aromatic rings. The molecule has 0 saturated carbocycles. The minimum absolute atomic E-state index is 0.0193. The Hall–Kier alpha value is -8.03. The number of allylic oxidation sites excluding steroid dienone is 5. The third-order valence-electron chi connectivity index (χ3n) is 14.1. The maximum atomic E-state index is 14.6. The molecule has 7 heteroatoms. The van der Waals surface area contributed by atoms with Crippen molar-refractivity contribution in [2.75, 3.05) is 7.11 Å². The minimum Gasteiger partial charge on any atom is -0.497 e. The summed E-state index contributed by atoms with van der Waals surface area (Å²) in [5.74, 6) is 0.661. The molecule has 0 amide bonds. The van der Waals surface area contributed by atoms with E-state index in [4.69, 9.17) is 19.5 Å². The number of ether oxygens (including phenoxy) is 2. The van der Waals surface area contributed by atoms with Crippen molar-refractivity contribution in [2.24, 2.45) is 9.98 Å². The van der Waals surface area contributed by atoms with E-state index in [1.165, 1.54) is 16.7 Å². The lowest BCUT2D eigenvalue weighted by Gasteiger charge is -2.22. The Bertz CT molecular complexity index is 3660. The zero-order valence-electron chi connectivity index (χ0n) is 42.1. The highest BCUT2D eigenvalue weighted by molar-refractivity contribution is 6.33. The predicted octanol–water partition coefficient (Wildman–Crippen LogP) is 15.7. The van der Waals surface area contributed by atoms with Gasteiger partial charge in [-0.2, -0.15) is 0 Å². The van der Waals surface area contributed by atoms with Crippen molar-refractivity contribution < 1.29 is 14.3 Å². The van der Waals surface area contributed by atoms with Crippen LogP contribution in [0.5, 0.6) is 11.5 Å². The molecule has 6 aromatic carbocycles. The molecular weight excluding hydrogens is 873 g/mol. The fourth-order valence-electron chi connectivity index (χ4n) is 10.1. The topological polar surface area (TPSA) is 91.8 Å². The van der Waals surface area contributed by atoms with Crippen molar-refractivity contribution >= 4 is 50.2 Å². The van der Waals surface area contributed by atoms with Gasteiger partial charge >= 0.3 is 5.97 Å². The normalized spacial score (nSPS) is 14.6. The van der Waals surface area contributed by atoms with Crippen molar-refractivity contribution in [1.82, 2.24) is 9.97 Å². The Morgan fingerprint density at radius 1 is 0.507 bits per heavy atom. The Kier molecular flexibility index (Phi) is 10.8. The van der Waals surface area contributed by atoms with Crippen LogP contribution in [0.4, 0.5) is 0 Å². The van der Waals surface area contributed by atoms with Crippen molar-refractivity contribution in [2.45, 2.75) is 78.6 Å². The van der Waals surface area contributed by atoms with E-state index in [0.717, 1.165) is 94.9 Å². The third kappa shape index (κ3) is 8.09. The molecule has 352 valence electrons. The van der Waals surface area contributed by atoms with Gasteiger partial charge in [-0.1, -0.05) is 153 Å². The molecule has 8 bridgehead atoms. The molecule has 0 spiro atoms. The molecule has 0 unspecified atom stereocenters. The fraction of sp³-hybridized carbons (Fsp3) is 0.203. The van der Waals surface area contributed by atoms with E-state index in [9.17, 15) is 4.79 Å². The number of nitrogens with one attached hydrogen (secondary N) is 2. The third-order valence-corrected chi connectivity index (χ3v) is 14.1. The molecule has 0 atom stereocenters.